The number of hydrogen-bond acceptors (Lipinski definition) is 2. The molecule has 0 atom stereocenters. The highest BCUT2D eigenvalue weighted by atomic mass is 16.5. The van der Waals surface area contributed by atoms with E-state index in [1.54, 1.807) is 7.11 Å². The molecule has 0 aromatic heterocycles. The van der Waals surface area contributed by atoms with E-state index in [9.17, 15) is 0 Å². The summed E-state index contributed by atoms with van der Waals surface area (Å²) in [4.78, 5) is 0. The summed E-state index contributed by atoms with van der Waals surface area (Å²) in [7, 11) is 1.57. The molecule has 0 aliphatic heterocycles. The van der Waals surface area contributed by atoms with Crippen LogP contribution in [-0.2, 0) is 0 Å². The molecule has 0 saturated carbocycles. The van der Waals surface area contributed by atoms with Crippen LogP contribution in [0.4, 0.5) is 0 Å². The number of terminal acetylenes is 1. The molecule has 73 valence electrons. The Hall–Kier alpha value is -1.46. The first kappa shape index (κ1) is 10.6. The fourth-order valence-corrected chi connectivity index (χ4v) is 1.29. The van der Waals surface area contributed by atoms with Crippen LogP contribution in [0.2, 0.25) is 0 Å². The lowest BCUT2D eigenvalue weighted by Gasteiger charge is -2.14. The maximum absolute atomic E-state index is 9.03. The molecule has 0 fully saturated rings. The van der Waals surface area contributed by atoms with E-state index in [4.69, 9.17) is 16.3 Å². The standard InChI is InChI=1S/C12H13O2/c1-4-10-6-5-7-11(9(2)8-13)12(10)14-3/h1,5-7,13H,8H2,2-3H3. The zero-order valence-electron chi connectivity index (χ0n) is 8.37. The number of aliphatic hydroxyl groups is 1. The molecular weight excluding hydrogens is 176 g/mol. The minimum absolute atomic E-state index is 0.00435. The van der Waals surface area contributed by atoms with Gasteiger partial charge in [-0.25, -0.2) is 0 Å². The van der Waals surface area contributed by atoms with Gasteiger partial charge in [-0.05, 0) is 6.07 Å². The fraction of sp³-hybridized carbons (Fsp3) is 0.250. The van der Waals surface area contributed by atoms with E-state index in [1.165, 1.54) is 0 Å². The fourth-order valence-electron chi connectivity index (χ4n) is 1.29. The van der Waals surface area contributed by atoms with Gasteiger partial charge in [0.2, 0.25) is 0 Å². The molecule has 0 bridgehead atoms. The molecule has 1 rings (SSSR count). The molecular formula is C12H13O2. The van der Waals surface area contributed by atoms with E-state index >= 15 is 0 Å². The second kappa shape index (κ2) is 4.69. The maximum Gasteiger partial charge on any atom is 0.138 e. The molecule has 1 aromatic rings. The number of rotatable bonds is 3. The third-order valence-electron chi connectivity index (χ3n) is 2.07. The van der Waals surface area contributed by atoms with Crippen molar-refractivity contribution < 1.29 is 9.84 Å². The van der Waals surface area contributed by atoms with E-state index in [1.807, 2.05) is 25.1 Å². The number of para-hydroxylation sites is 1. The van der Waals surface area contributed by atoms with E-state index in [-0.39, 0.29) is 6.61 Å². The molecule has 0 aliphatic carbocycles. The van der Waals surface area contributed by atoms with Gasteiger partial charge in [0.05, 0.1) is 19.3 Å². The van der Waals surface area contributed by atoms with Crippen LogP contribution < -0.4 is 4.74 Å². The molecule has 14 heavy (non-hydrogen) atoms. The second-order valence-electron chi connectivity index (χ2n) is 2.97. The Morgan fingerprint density at radius 1 is 1.57 bits per heavy atom. The van der Waals surface area contributed by atoms with Crippen LogP contribution in [0.5, 0.6) is 5.75 Å². The van der Waals surface area contributed by atoms with E-state index in [0.29, 0.717) is 11.3 Å². The van der Waals surface area contributed by atoms with Gasteiger partial charge in [0, 0.05) is 11.5 Å². The molecule has 1 radical (unpaired) electrons. The van der Waals surface area contributed by atoms with Crippen LogP contribution in [0.25, 0.3) is 0 Å². The van der Waals surface area contributed by atoms with Gasteiger partial charge in [-0.2, -0.15) is 0 Å². The summed E-state index contributed by atoms with van der Waals surface area (Å²) in [6.07, 6.45) is 5.33. The molecule has 2 nitrogen and oxygen atoms in total. The average Bonchev–Trinajstić information content (AvgIpc) is 2.26. The number of benzene rings is 1. The van der Waals surface area contributed by atoms with Crippen LogP contribution in [0.1, 0.15) is 18.1 Å². The van der Waals surface area contributed by atoms with E-state index in [2.05, 4.69) is 5.92 Å². The minimum atomic E-state index is 0.00435. The van der Waals surface area contributed by atoms with Gasteiger partial charge >= 0.3 is 0 Å². The number of aliphatic hydroxyl groups excluding tert-OH is 1. The first-order valence-electron chi connectivity index (χ1n) is 4.31. The van der Waals surface area contributed by atoms with Gasteiger partial charge < -0.3 is 9.84 Å². The zero-order chi connectivity index (χ0) is 10.6. The lowest BCUT2D eigenvalue weighted by atomic mass is 9.98. The molecule has 1 N–H and O–H groups in total. The largest absolute Gasteiger partial charge is 0.495 e. The highest BCUT2D eigenvalue weighted by Crippen LogP contribution is 2.28. The summed E-state index contributed by atoms with van der Waals surface area (Å²) in [5.41, 5.74) is 1.57. The van der Waals surface area contributed by atoms with Gasteiger partial charge in [0.1, 0.15) is 5.75 Å². The molecule has 0 heterocycles. The summed E-state index contributed by atoms with van der Waals surface area (Å²) in [6, 6.07) is 5.55. The van der Waals surface area contributed by atoms with Crippen molar-refractivity contribution in [3.05, 3.63) is 35.2 Å². The van der Waals surface area contributed by atoms with Gasteiger partial charge in [-0.1, -0.05) is 25.0 Å². The Kier molecular flexibility index (Phi) is 3.55. The molecule has 0 spiro atoms. The summed E-state index contributed by atoms with van der Waals surface area (Å²) in [5, 5.41) is 9.03. The summed E-state index contributed by atoms with van der Waals surface area (Å²) in [6.45, 7) is 1.85. The quantitative estimate of drug-likeness (QED) is 0.732. The maximum atomic E-state index is 9.03. The lowest BCUT2D eigenvalue weighted by molar-refractivity contribution is 0.312. The molecule has 0 amide bonds. The van der Waals surface area contributed by atoms with Crippen molar-refractivity contribution in [3.8, 4) is 18.1 Å². The Bertz CT molecular complexity index is 350. The third kappa shape index (κ3) is 1.89. The van der Waals surface area contributed by atoms with E-state index < -0.39 is 0 Å². The second-order valence-corrected chi connectivity index (χ2v) is 2.97. The van der Waals surface area contributed by atoms with Crippen molar-refractivity contribution >= 4 is 0 Å². The number of hydrogen-bond donors (Lipinski definition) is 1. The van der Waals surface area contributed by atoms with Crippen LogP contribution in [0, 0.1) is 18.3 Å². The molecule has 2 heteroatoms. The van der Waals surface area contributed by atoms with Crippen molar-refractivity contribution in [2.24, 2.45) is 0 Å². The minimum Gasteiger partial charge on any atom is -0.495 e. The lowest BCUT2D eigenvalue weighted by Crippen LogP contribution is -2.03. The summed E-state index contributed by atoms with van der Waals surface area (Å²) in [5.74, 6) is 4.05. The Balaban J connectivity index is 3.23. The third-order valence-corrected chi connectivity index (χ3v) is 2.07. The van der Waals surface area contributed by atoms with Crippen molar-refractivity contribution in [1.82, 2.24) is 0 Å². The van der Waals surface area contributed by atoms with Crippen LogP contribution >= 0.6 is 0 Å². The topological polar surface area (TPSA) is 29.5 Å². The Morgan fingerprint density at radius 3 is 2.79 bits per heavy atom. The normalized spacial score (nSPS) is 9.93. The summed E-state index contributed by atoms with van der Waals surface area (Å²) < 4.78 is 5.22. The molecule has 1 aromatic carbocycles. The molecule has 0 saturated heterocycles. The van der Waals surface area contributed by atoms with Crippen LogP contribution in [0.15, 0.2) is 18.2 Å². The van der Waals surface area contributed by atoms with Crippen molar-refractivity contribution in [2.45, 2.75) is 6.92 Å². The predicted octanol–water partition coefficient (Wildman–Crippen LogP) is 1.61. The Labute approximate surface area is 84.5 Å². The van der Waals surface area contributed by atoms with Gasteiger partial charge in [-0.15, -0.1) is 6.42 Å². The van der Waals surface area contributed by atoms with Crippen LogP contribution in [-0.4, -0.2) is 18.8 Å². The first-order valence-corrected chi connectivity index (χ1v) is 4.31. The van der Waals surface area contributed by atoms with Crippen LogP contribution in [0.3, 0.4) is 0 Å². The first-order chi connectivity index (χ1) is 6.74. The average molecular weight is 189 g/mol. The predicted molar refractivity (Wildman–Crippen MR) is 56.0 cm³/mol. The van der Waals surface area contributed by atoms with E-state index in [0.717, 1.165) is 11.5 Å². The smallest absolute Gasteiger partial charge is 0.138 e. The molecule has 0 unspecified atom stereocenters. The highest BCUT2D eigenvalue weighted by molar-refractivity contribution is 5.54. The summed E-state index contributed by atoms with van der Waals surface area (Å²) >= 11 is 0. The Morgan fingerprint density at radius 2 is 2.29 bits per heavy atom. The van der Waals surface area contributed by atoms with Gasteiger partial charge in [-0.3, -0.25) is 0 Å². The van der Waals surface area contributed by atoms with Crippen molar-refractivity contribution in [3.63, 3.8) is 0 Å². The number of ether oxygens (including phenoxy) is 1. The highest BCUT2D eigenvalue weighted by Gasteiger charge is 2.13. The van der Waals surface area contributed by atoms with Gasteiger partial charge in [0.15, 0.2) is 0 Å². The monoisotopic (exact) mass is 189 g/mol. The number of methoxy groups -OCH3 is 1. The molecule has 0 aliphatic rings. The van der Waals surface area contributed by atoms with Gasteiger partial charge in [0.25, 0.3) is 0 Å². The zero-order valence-corrected chi connectivity index (χ0v) is 8.37. The van der Waals surface area contributed by atoms with Crippen molar-refractivity contribution in [2.75, 3.05) is 13.7 Å². The van der Waals surface area contributed by atoms with Crippen molar-refractivity contribution in [1.29, 1.82) is 0 Å². The SMILES string of the molecule is C#Cc1cccc([C](C)CO)c1OC.